The van der Waals surface area contributed by atoms with Crippen LogP contribution in [0.3, 0.4) is 0 Å². The Kier molecular flexibility index (Phi) is 4.43. The molecule has 0 saturated carbocycles. The van der Waals surface area contributed by atoms with Crippen LogP contribution in [0.25, 0.3) is 0 Å². The molecule has 0 spiro atoms. The van der Waals surface area contributed by atoms with Crippen molar-refractivity contribution in [2.45, 2.75) is 32.8 Å². The molecule has 88 valence electrons. The van der Waals surface area contributed by atoms with Crippen molar-refractivity contribution in [3.8, 4) is 0 Å². The minimum atomic E-state index is -0.520. The molecule has 4 heteroatoms. The molecule has 0 saturated heterocycles. The minimum Gasteiger partial charge on any atom is -0.393 e. The Labute approximate surface area is 94.3 Å². The summed E-state index contributed by atoms with van der Waals surface area (Å²) in [4.78, 5) is 11.4. The molecule has 0 aliphatic rings. The number of hydrogen-bond acceptors (Lipinski definition) is 2. The van der Waals surface area contributed by atoms with Gasteiger partial charge in [0.05, 0.1) is 11.8 Å². The van der Waals surface area contributed by atoms with Crippen molar-refractivity contribution in [2.75, 3.05) is 5.32 Å². The lowest BCUT2D eigenvalue weighted by Gasteiger charge is -2.07. The van der Waals surface area contributed by atoms with E-state index in [0.29, 0.717) is 6.42 Å². The molecule has 1 aromatic carbocycles. The average Bonchev–Trinajstić information content (AvgIpc) is 2.19. The predicted octanol–water partition coefficient (Wildman–Crippen LogP) is 2.23. The first-order chi connectivity index (χ1) is 7.49. The van der Waals surface area contributed by atoms with Gasteiger partial charge in [0, 0.05) is 6.42 Å². The molecule has 0 radical (unpaired) electrons. The lowest BCUT2D eigenvalue weighted by Crippen LogP contribution is -2.14. The van der Waals surface area contributed by atoms with Gasteiger partial charge in [0.1, 0.15) is 5.82 Å². The molecule has 2 N–H and O–H groups in total. The largest absolute Gasteiger partial charge is 0.393 e. The fourth-order valence-electron chi connectivity index (χ4n) is 1.27. The summed E-state index contributed by atoms with van der Waals surface area (Å²) in [6.07, 6.45) is 0.0400. The SMILES string of the molecule is Cc1ccc(NC(=O)CCC(C)O)c(F)c1. The van der Waals surface area contributed by atoms with Gasteiger partial charge in [-0.15, -0.1) is 0 Å². The minimum absolute atomic E-state index is 0.182. The summed E-state index contributed by atoms with van der Waals surface area (Å²) >= 11 is 0. The van der Waals surface area contributed by atoms with Crippen molar-refractivity contribution in [3.05, 3.63) is 29.6 Å². The molecule has 1 amide bonds. The van der Waals surface area contributed by atoms with Crippen LogP contribution in [0.5, 0.6) is 0 Å². The fourth-order valence-corrected chi connectivity index (χ4v) is 1.27. The van der Waals surface area contributed by atoms with E-state index < -0.39 is 11.9 Å². The molecule has 0 aliphatic carbocycles. The number of benzene rings is 1. The molecule has 0 fully saturated rings. The van der Waals surface area contributed by atoms with Gasteiger partial charge in [0.15, 0.2) is 0 Å². The van der Waals surface area contributed by atoms with Gasteiger partial charge in [-0.1, -0.05) is 6.07 Å². The number of hydrogen-bond donors (Lipinski definition) is 2. The Morgan fingerprint density at radius 1 is 1.56 bits per heavy atom. The summed E-state index contributed by atoms with van der Waals surface area (Å²) in [6.45, 7) is 3.39. The summed E-state index contributed by atoms with van der Waals surface area (Å²) in [5, 5.41) is 11.5. The van der Waals surface area contributed by atoms with Crippen LogP contribution in [0.15, 0.2) is 18.2 Å². The highest BCUT2D eigenvalue weighted by molar-refractivity contribution is 5.90. The van der Waals surface area contributed by atoms with Crippen LogP contribution < -0.4 is 5.32 Å². The Bertz CT molecular complexity index is 377. The third-order valence-corrected chi connectivity index (χ3v) is 2.19. The van der Waals surface area contributed by atoms with E-state index in [0.717, 1.165) is 5.56 Å². The Morgan fingerprint density at radius 2 is 2.25 bits per heavy atom. The quantitative estimate of drug-likeness (QED) is 0.825. The highest BCUT2D eigenvalue weighted by Gasteiger charge is 2.08. The molecule has 1 aromatic rings. The van der Waals surface area contributed by atoms with Gasteiger partial charge >= 0.3 is 0 Å². The molecule has 0 bridgehead atoms. The van der Waals surface area contributed by atoms with Crippen molar-refractivity contribution >= 4 is 11.6 Å². The maximum Gasteiger partial charge on any atom is 0.224 e. The number of carbonyl (C=O) groups is 1. The van der Waals surface area contributed by atoms with E-state index in [1.807, 2.05) is 0 Å². The van der Waals surface area contributed by atoms with Gasteiger partial charge in [-0.2, -0.15) is 0 Å². The van der Waals surface area contributed by atoms with Crippen LogP contribution in [-0.2, 0) is 4.79 Å². The summed E-state index contributed by atoms with van der Waals surface area (Å²) in [6, 6.07) is 4.63. The Hall–Kier alpha value is -1.42. The number of amides is 1. The van der Waals surface area contributed by atoms with Gasteiger partial charge in [-0.05, 0) is 38.0 Å². The molecule has 3 nitrogen and oxygen atoms in total. The first kappa shape index (κ1) is 12.6. The number of aliphatic hydroxyl groups is 1. The highest BCUT2D eigenvalue weighted by atomic mass is 19.1. The smallest absolute Gasteiger partial charge is 0.224 e. The van der Waals surface area contributed by atoms with Crippen LogP contribution >= 0.6 is 0 Å². The summed E-state index contributed by atoms with van der Waals surface area (Å²) in [5.41, 5.74) is 0.987. The van der Waals surface area contributed by atoms with Crippen molar-refractivity contribution < 1.29 is 14.3 Å². The Balaban J connectivity index is 2.56. The zero-order chi connectivity index (χ0) is 12.1. The van der Waals surface area contributed by atoms with Gasteiger partial charge in [-0.3, -0.25) is 4.79 Å². The molecular formula is C12H16FNO2. The molecule has 1 rings (SSSR count). The van der Waals surface area contributed by atoms with Crippen LogP contribution in [0, 0.1) is 12.7 Å². The fraction of sp³-hybridized carbons (Fsp3) is 0.417. The maximum absolute atomic E-state index is 13.3. The molecular weight excluding hydrogens is 209 g/mol. The first-order valence-electron chi connectivity index (χ1n) is 5.23. The summed E-state index contributed by atoms with van der Waals surface area (Å²) in [5.74, 6) is -0.728. The summed E-state index contributed by atoms with van der Waals surface area (Å²) < 4.78 is 13.3. The average molecular weight is 225 g/mol. The topological polar surface area (TPSA) is 49.3 Å². The monoisotopic (exact) mass is 225 g/mol. The van der Waals surface area contributed by atoms with E-state index in [1.165, 1.54) is 12.1 Å². The number of aliphatic hydroxyl groups excluding tert-OH is 1. The van der Waals surface area contributed by atoms with E-state index >= 15 is 0 Å². The van der Waals surface area contributed by atoms with E-state index in [1.54, 1.807) is 19.9 Å². The zero-order valence-electron chi connectivity index (χ0n) is 9.46. The Morgan fingerprint density at radius 3 is 2.81 bits per heavy atom. The third kappa shape index (κ3) is 3.98. The third-order valence-electron chi connectivity index (χ3n) is 2.19. The second-order valence-corrected chi connectivity index (χ2v) is 3.92. The van der Waals surface area contributed by atoms with E-state index in [4.69, 9.17) is 5.11 Å². The van der Waals surface area contributed by atoms with E-state index in [2.05, 4.69) is 5.32 Å². The standard InChI is InChI=1S/C12H16FNO2/c1-8-3-5-11(10(13)7-8)14-12(16)6-4-9(2)15/h3,5,7,9,15H,4,6H2,1-2H3,(H,14,16). The van der Waals surface area contributed by atoms with E-state index in [9.17, 15) is 9.18 Å². The van der Waals surface area contributed by atoms with Crippen LogP contribution in [-0.4, -0.2) is 17.1 Å². The second-order valence-electron chi connectivity index (χ2n) is 3.92. The van der Waals surface area contributed by atoms with Crippen LogP contribution in [0.4, 0.5) is 10.1 Å². The number of aryl methyl sites for hydroxylation is 1. The van der Waals surface area contributed by atoms with Gasteiger partial charge in [-0.25, -0.2) is 4.39 Å². The number of anilines is 1. The molecule has 1 unspecified atom stereocenters. The van der Waals surface area contributed by atoms with Crippen molar-refractivity contribution in [1.82, 2.24) is 0 Å². The van der Waals surface area contributed by atoms with Crippen molar-refractivity contribution in [3.63, 3.8) is 0 Å². The normalized spacial score (nSPS) is 12.2. The molecule has 16 heavy (non-hydrogen) atoms. The number of carbonyl (C=O) groups excluding carboxylic acids is 1. The molecule has 0 aromatic heterocycles. The zero-order valence-corrected chi connectivity index (χ0v) is 9.46. The number of rotatable bonds is 4. The summed E-state index contributed by atoms with van der Waals surface area (Å²) in [7, 11) is 0. The predicted molar refractivity (Wildman–Crippen MR) is 60.7 cm³/mol. The van der Waals surface area contributed by atoms with Gasteiger partial charge in [0.2, 0.25) is 5.91 Å². The molecule has 0 heterocycles. The number of nitrogens with one attached hydrogen (secondary N) is 1. The maximum atomic E-state index is 13.3. The van der Waals surface area contributed by atoms with Crippen LogP contribution in [0.2, 0.25) is 0 Å². The van der Waals surface area contributed by atoms with Gasteiger partial charge < -0.3 is 10.4 Å². The lowest BCUT2D eigenvalue weighted by atomic mass is 10.2. The second kappa shape index (κ2) is 5.61. The molecule has 1 atom stereocenters. The first-order valence-corrected chi connectivity index (χ1v) is 5.23. The van der Waals surface area contributed by atoms with Gasteiger partial charge in [0.25, 0.3) is 0 Å². The highest BCUT2D eigenvalue weighted by Crippen LogP contribution is 2.15. The van der Waals surface area contributed by atoms with Crippen molar-refractivity contribution in [2.24, 2.45) is 0 Å². The van der Waals surface area contributed by atoms with E-state index in [-0.39, 0.29) is 18.0 Å². The van der Waals surface area contributed by atoms with Crippen molar-refractivity contribution in [1.29, 1.82) is 0 Å². The van der Waals surface area contributed by atoms with Crippen LogP contribution in [0.1, 0.15) is 25.3 Å². The number of halogens is 1. The lowest BCUT2D eigenvalue weighted by molar-refractivity contribution is -0.116. The molecule has 0 aliphatic heterocycles.